The Morgan fingerprint density at radius 1 is 1.03 bits per heavy atom. The molecule has 1 aliphatic rings. The van der Waals surface area contributed by atoms with E-state index in [9.17, 15) is 9.59 Å². The highest BCUT2D eigenvalue weighted by Gasteiger charge is 2.19. The van der Waals surface area contributed by atoms with Crippen molar-refractivity contribution in [3.05, 3.63) is 66.2 Å². The smallest absolute Gasteiger partial charge is 0.260 e. The van der Waals surface area contributed by atoms with Crippen LogP contribution >= 0.6 is 0 Å². The highest BCUT2D eigenvalue weighted by molar-refractivity contribution is 5.95. The van der Waals surface area contributed by atoms with Crippen LogP contribution in [0.15, 0.2) is 55.1 Å². The molecule has 3 aromatic rings. The molecule has 0 aliphatic carbocycles. The highest BCUT2D eigenvalue weighted by Crippen LogP contribution is 2.29. The second-order valence-electron chi connectivity index (χ2n) is 8.45. The maximum absolute atomic E-state index is 12.9. The Morgan fingerprint density at radius 2 is 1.80 bits per heavy atom. The van der Waals surface area contributed by atoms with E-state index in [4.69, 9.17) is 9.47 Å². The van der Waals surface area contributed by atoms with Crippen molar-refractivity contribution in [2.75, 3.05) is 26.3 Å². The standard InChI is InChI=1S/C26H31N5O4/c1-3-34-24-15-21(9-12-23(24)35-16-25(32)30-13-5-4-6-14-30)26(33)29-19(2)20-7-10-22(11-8-20)31-18-27-17-28-31/h7-12,15,17-19H,3-6,13-14,16H2,1-2H3,(H,29,33)/t19-/m1/s1. The van der Waals surface area contributed by atoms with Gasteiger partial charge < -0.3 is 19.7 Å². The van der Waals surface area contributed by atoms with Gasteiger partial charge in [-0.05, 0) is 69.0 Å². The van der Waals surface area contributed by atoms with Crippen molar-refractivity contribution in [2.45, 2.75) is 39.2 Å². The maximum atomic E-state index is 12.9. The van der Waals surface area contributed by atoms with Crippen LogP contribution in [0, 0.1) is 0 Å². The van der Waals surface area contributed by atoms with Gasteiger partial charge in [-0.25, -0.2) is 9.67 Å². The fourth-order valence-electron chi connectivity index (χ4n) is 4.03. The Labute approximate surface area is 205 Å². The zero-order chi connectivity index (χ0) is 24.6. The van der Waals surface area contributed by atoms with E-state index in [2.05, 4.69) is 15.4 Å². The number of hydrogen-bond acceptors (Lipinski definition) is 6. The molecular formula is C26H31N5O4. The second-order valence-corrected chi connectivity index (χ2v) is 8.45. The Hall–Kier alpha value is -3.88. The molecule has 35 heavy (non-hydrogen) atoms. The van der Waals surface area contributed by atoms with E-state index >= 15 is 0 Å². The van der Waals surface area contributed by atoms with Gasteiger partial charge in [-0.3, -0.25) is 9.59 Å². The third kappa shape index (κ3) is 6.17. The zero-order valence-electron chi connectivity index (χ0n) is 20.1. The summed E-state index contributed by atoms with van der Waals surface area (Å²) in [4.78, 5) is 31.2. The van der Waals surface area contributed by atoms with E-state index in [1.165, 1.54) is 6.33 Å². The van der Waals surface area contributed by atoms with Crippen molar-refractivity contribution >= 4 is 11.8 Å². The summed E-state index contributed by atoms with van der Waals surface area (Å²) in [7, 11) is 0. The Kier molecular flexibility index (Phi) is 7.97. The second kappa shape index (κ2) is 11.5. The average Bonchev–Trinajstić information content (AvgIpc) is 3.43. The van der Waals surface area contributed by atoms with Crippen molar-refractivity contribution in [3.8, 4) is 17.2 Å². The third-order valence-corrected chi connectivity index (χ3v) is 5.99. The van der Waals surface area contributed by atoms with Crippen molar-refractivity contribution in [1.29, 1.82) is 0 Å². The number of rotatable bonds is 9. The van der Waals surface area contributed by atoms with Gasteiger partial charge in [0.2, 0.25) is 0 Å². The lowest BCUT2D eigenvalue weighted by Gasteiger charge is -2.26. The highest BCUT2D eigenvalue weighted by atomic mass is 16.5. The number of hydrogen-bond donors (Lipinski definition) is 1. The quantitative estimate of drug-likeness (QED) is 0.506. The lowest BCUT2D eigenvalue weighted by atomic mass is 10.1. The molecule has 0 unspecified atom stereocenters. The molecule has 9 nitrogen and oxygen atoms in total. The molecule has 9 heteroatoms. The molecule has 1 aromatic heterocycles. The van der Waals surface area contributed by atoms with Gasteiger partial charge in [0.1, 0.15) is 12.7 Å². The van der Waals surface area contributed by atoms with E-state index in [1.807, 2.05) is 43.0 Å². The minimum atomic E-state index is -0.227. The molecule has 1 atom stereocenters. The number of carbonyl (C=O) groups excluding carboxylic acids is 2. The predicted molar refractivity (Wildman–Crippen MR) is 131 cm³/mol. The van der Waals surface area contributed by atoms with Gasteiger partial charge in [0.25, 0.3) is 11.8 Å². The monoisotopic (exact) mass is 477 g/mol. The van der Waals surface area contributed by atoms with Crippen LogP contribution < -0.4 is 14.8 Å². The fraction of sp³-hybridized carbons (Fsp3) is 0.385. The Morgan fingerprint density at radius 3 is 2.49 bits per heavy atom. The van der Waals surface area contributed by atoms with E-state index in [1.54, 1.807) is 29.2 Å². The number of amides is 2. The number of ether oxygens (including phenoxy) is 2. The number of nitrogens with one attached hydrogen (secondary N) is 1. The molecule has 0 spiro atoms. The van der Waals surface area contributed by atoms with Crippen molar-refractivity contribution < 1.29 is 19.1 Å². The molecule has 0 bridgehead atoms. The van der Waals surface area contributed by atoms with Gasteiger partial charge in [-0.1, -0.05) is 12.1 Å². The van der Waals surface area contributed by atoms with Gasteiger partial charge in [-0.15, -0.1) is 0 Å². The molecule has 0 saturated carbocycles. The normalized spacial score (nSPS) is 14.3. The van der Waals surface area contributed by atoms with Gasteiger partial charge >= 0.3 is 0 Å². The molecule has 184 valence electrons. The molecule has 1 N–H and O–H groups in total. The first-order chi connectivity index (χ1) is 17.0. The van der Waals surface area contributed by atoms with E-state index in [0.717, 1.165) is 43.6 Å². The lowest BCUT2D eigenvalue weighted by molar-refractivity contribution is -0.134. The van der Waals surface area contributed by atoms with Crippen LogP contribution in [-0.4, -0.2) is 57.8 Å². The summed E-state index contributed by atoms with van der Waals surface area (Å²) in [5, 5.41) is 7.14. The Balaban J connectivity index is 1.38. The topological polar surface area (TPSA) is 98.6 Å². The molecule has 1 saturated heterocycles. The number of carbonyl (C=O) groups is 2. The molecule has 1 aliphatic heterocycles. The summed E-state index contributed by atoms with van der Waals surface area (Å²) >= 11 is 0. The third-order valence-electron chi connectivity index (χ3n) is 5.99. The SMILES string of the molecule is CCOc1cc(C(=O)N[C@H](C)c2ccc(-n3cncn3)cc2)ccc1OCC(=O)N1CCCCC1. The summed E-state index contributed by atoms with van der Waals surface area (Å²) in [6.07, 6.45) is 6.34. The predicted octanol–water partition coefficient (Wildman–Crippen LogP) is 3.55. The molecule has 0 radical (unpaired) electrons. The average molecular weight is 478 g/mol. The molecule has 1 fully saturated rings. The Bertz CT molecular complexity index is 1130. The maximum Gasteiger partial charge on any atom is 0.260 e. The fourth-order valence-corrected chi connectivity index (χ4v) is 4.03. The molecule has 4 rings (SSSR count). The summed E-state index contributed by atoms with van der Waals surface area (Å²) in [6, 6.07) is 12.6. The summed E-state index contributed by atoms with van der Waals surface area (Å²) in [5.74, 6) is 0.634. The largest absolute Gasteiger partial charge is 0.490 e. The van der Waals surface area contributed by atoms with Crippen molar-refractivity contribution in [2.24, 2.45) is 0 Å². The first kappa shape index (κ1) is 24.3. The van der Waals surface area contributed by atoms with E-state index in [0.29, 0.717) is 23.7 Å². The van der Waals surface area contributed by atoms with Crippen LogP contribution in [-0.2, 0) is 4.79 Å². The molecule has 2 heterocycles. The number of piperidine rings is 1. The molecule has 2 aromatic carbocycles. The van der Waals surface area contributed by atoms with Crippen LogP contribution in [0.4, 0.5) is 0 Å². The van der Waals surface area contributed by atoms with E-state index in [-0.39, 0.29) is 24.5 Å². The first-order valence-electron chi connectivity index (χ1n) is 12.0. The van der Waals surface area contributed by atoms with Gasteiger partial charge in [0, 0.05) is 18.7 Å². The van der Waals surface area contributed by atoms with Crippen molar-refractivity contribution in [3.63, 3.8) is 0 Å². The van der Waals surface area contributed by atoms with Crippen molar-refractivity contribution in [1.82, 2.24) is 25.0 Å². The summed E-state index contributed by atoms with van der Waals surface area (Å²) < 4.78 is 13.1. The zero-order valence-corrected chi connectivity index (χ0v) is 20.1. The minimum Gasteiger partial charge on any atom is -0.490 e. The first-order valence-corrected chi connectivity index (χ1v) is 12.0. The number of benzene rings is 2. The molecule has 2 amide bonds. The van der Waals surface area contributed by atoms with Crippen LogP contribution in [0.5, 0.6) is 11.5 Å². The molecular weight excluding hydrogens is 446 g/mol. The lowest BCUT2D eigenvalue weighted by Crippen LogP contribution is -2.38. The number of aromatic nitrogens is 3. The summed E-state index contributed by atoms with van der Waals surface area (Å²) in [6.45, 7) is 5.71. The number of nitrogens with zero attached hydrogens (tertiary/aromatic N) is 4. The van der Waals surface area contributed by atoms with Crippen LogP contribution in [0.25, 0.3) is 5.69 Å². The number of likely N-dealkylation sites (tertiary alicyclic amines) is 1. The van der Waals surface area contributed by atoms with Crippen LogP contribution in [0.2, 0.25) is 0 Å². The minimum absolute atomic E-state index is 0.0300. The summed E-state index contributed by atoms with van der Waals surface area (Å²) in [5.41, 5.74) is 2.30. The van der Waals surface area contributed by atoms with E-state index < -0.39 is 0 Å². The van der Waals surface area contributed by atoms with Gasteiger partial charge in [0.15, 0.2) is 18.1 Å². The van der Waals surface area contributed by atoms with Gasteiger partial charge in [0.05, 0.1) is 18.3 Å². The van der Waals surface area contributed by atoms with Crippen LogP contribution in [0.1, 0.15) is 55.1 Å². The van der Waals surface area contributed by atoms with Crippen LogP contribution in [0.3, 0.4) is 0 Å². The van der Waals surface area contributed by atoms with Gasteiger partial charge in [-0.2, -0.15) is 5.10 Å².